The number of carbonyl (C=O) groups is 5. The van der Waals surface area contributed by atoms with E-state index in [2.05, 4.69) is 71.0 Å². The number of carbonyl (C=O) groups excluding carboxylic acids is 4. The number of rotatable bonds is 28. The first-order valence-corrected chi connectivity index (χ1v) is 32.2. The minimum absolute atomic E-state index is 0.00673. The molecule has 26 heteroatoms. The summed E-state index contributed by atoms with van der Waals surface area (Å²) in [7, 11) is -0.372. The van der Waals surface area contributed by atoms with Crippen molar-refractivity contribution in [1.82, 2.24) is 34.7 Å². The van der Waals surface area contributed by atoms with E-state index in [1.54, 1.807) is 10.9 Å². The summed E-state index contributed by atoms with van der Waals surface area (Å²) in [5.74, 6) is -2.02. The summed E-state index contributed by atoms with van der Waals surface area (Å²) in [5.41, 5.74) is 16.3. The van der Waals surface area contributed by atoms with E-state index in [9.17, 15) is 24.0 Å². The minimum Gasteiger partial charge on any atom is -0.481 e. The Hall–Kier alpha value is -7.10. The molecule has 4 heterocycles. The van der Waals surface area contributed by atoms with Crippen LogP contribution in [-0.2, 0) is 79.6 Å². The largest absolute Gasteiger partial charge is 0.481 e. The number of aliphatic carboxylic acids is 1. The lowest BCUT2D eigenvalue weighted by Crippen LogP contribution is -2.41. The molecule has 2 amide bonds. The van der Waals surface area contributed by atoms with Gasteiger partial charge in [-0.3, -0.25) is 34.1 Å². The van der Waals surface area contributed by atoms with E-state index in [-0.39, 0.29) is 43.4 Å². The number of primary amides is 2. The lowest BCUT2D eigenvalue weighted by Gasteiger charge is -2.36. The summed E-state index contributed by atoms with van der Waals surface area (Å²) in [6.07, 6.45) is 2.99. The van der Waals surface area contributed by atoms with Gasteiger partial charge in [0.15, 0.2) is 8.32 Å². The summed E-state index contributed by atoms with van der Waals surface area (Å²) < 4.78 is 34.9. The van der Waals surface area contributed by atoms with Crippen LogP contribution in [0.25, 0.3) is 43.6 Å². The van der Waals surface area contributed by atoms with Gasteiger partial charge in [0, 0.05) is 58.2 Å². The Bertz CT molecular complexity index is 3230. The molecule has 0 fully saturated rings. The van der Waals surface area contributed by atoms with Crippen molar-refractivity contribution in [3.63, 3.8) is 0 Å². The molecule has 23 nitrogen and oxygen atoms in total. The lowest BCUT2D eigenvalue weighted by atomic mass is 10.1. The Kier molecular flexibility index (Phi) is 34.4. The molecular formula is C61H85Cl2N9O14Si. The van der Waals surface area contributed by atoms with E-state index in [0.717, 1.165) is 55.7 Å². The first kappa shape index (κ1) is 74.2. The zero-order valence-corrected chi connectivity index (χ0v) is 53.2. The SMILES string of the molecule is CC(C)(C)[Si](C)(C)OCCOCCCl.CCCOCCn1cc(C(=O)C(=O)OC)c2ccccc21.NC(=O)Cc1[nH]nc2ccccc12.NC(=O)Cc1nn(CCOCCO)c2ccccc12.O=C(O)Cc1[nH]nc2ccccc12.OCCOCCCl. The number of nitrogens with one attached hydrogen (secondary N) is 2. The molecule has 8 rings (SSSR count). The standard InChI is InChI=1S/C16H19NO4.C13H17N3O3.C10H23ClO2Si.C9H9N3O.C9H8N2O2.C4H9ClO2/c1-3-9-21-10-8-17-11-13(15(18)16(19)20-2)12-6-4-5-7-14(12)17;14-13(18)9-11-10-3-1-2-4-12(10)16(15-11)5-7-19-8-6-17;1-10(2,3)14(4,5)13-9-8-12-7-6-11;10-9(13)5-8-6-3-1-2-4-7(6)11-12-8;12-9(13)5-8-6-3-1-2-4-7(6)10-11-8;5-1-3-7-4-2-6/h4-7,11H,3,8-10H2,1-2H3;1-4,17H,5-9H2,(H2,14,18);6-9H2,1-5H3;1-4H,5H2,(H2,10,13)(H,11,12);1-4H,5H2,(H,10,11)(H,12,13);6H,1-4H2. The van der Waals surface area contributed by atoms with Crippen LogP contribution in [0, 0.1) is 0 Å². The maximum atomic E-state index is 12.1. The molecule has 9 N–H and O–H groups in total. The average molecular weight is 1270 g/mol. The zero-order valence-electron chi connectivity index (χ0n) is 50.7. The molecule has 0 bridgehead atoms. The number of hydrogen-bond donors (Lipinski definition) is 7. The number of carboxylic acid groups (broad SMARTS) is 1. The number of nitrogens with two attached hydrogens (primary N) is 2. The highest BCUT2D eigenvalue weighted by molar-refractivity contribution is 6.74. The second-order valence-electron chi connectivity index (χ2n) is 20.4. The van der Waals surface area contributed by atoms with Crippen molar-refractivity contribution in [2.75, 3.05) is 91.5 Å². The van der Waals surface area contributed by atoms with Gasteiger partial charge < -0.3 is 59.5 Å². The third-order valence-electron chi connectivity index (χ3n) is 12.9. The first-order chi connectivity index (χ1) is 41.7. The Morgan fingerprint density at radius 1 is 0.609 bits per heavy atom. The van der Waals surface area contributed by atoms with Crippen molar-refractivity contribution in [3.8, 4) is 0 Å². The van der Waals surface area contributed by atoms with Crippen LogP contribution >= 0.6 is 23.2 Å². The number of Topliss-reactive ketones (excluding diaryl/α,β-unsaturated/α-hetero) is 1. The normalized spacial score (nSPS) is 11.0. The second kappa shape index (κ2) is 40.4. The molecule has 0 radical (unpaired) electrons. The Labute approximate surface area is 518 Å². The Morgan fingerprint density at radius 3 is 1.61 bits per heavy atom. The smallest absolute Gasteiger partial charge is 0.379 e. The van der Waals surface area contributed by atoms with Crippen molar-refractivity contribution in [2.24, 2.45) is 11.5 Å². The maximum Gasteiger partial charge on any atom is 0.379 e. The van der Waals surface area contributed by atoms with Crippen LogP contribution in [0.5, 0.6) is 0 Å². The summed E-state index contributed by atoms with van der Waals surface area (Å²) in [5, 5.41) is 47.1. The molecule has 0 aliphatic heterocycles. The molecule has 0 saturated heterocycles. The van der Waals surface area contributed by atoms with Crippen LogP contribution in [0.4, 0.5) is 0 Å². The average Bonchev–Trinajstić information content (AvgIpc) is 2.54. The number of aliphatic hydroxyl groups is 2. The quantitative estimate of drug-likeness (QED) is 0.00614. The summed E-state index contributed by atoms with van der Waals surface area (Å²) >= 11 is 10.7. The maximum absolute atomic E-state index is 12.1. The van der Waals surface area contributed by atoms with Crippen molar-refractivity contribution in [1.29, 1.82) is 0 Å². The predicted octanol–water partition coefficient (Wildman–Crippen LogP) is 7.78. The molecule has 476 valence electrons. The van der Waals surface area contributed by atoms with Gasteiger partial charge in [0.05, 0.1) is 138 Å². The van der Waals surface area contributed by atoms with Gasteiger partial charge in [-0.25, -0.2) is 4.79 Å². The van der Waals surface area contributed by atoms with Crippen LogP contribution < -0.4 is 11.5 Å². The number of nitrogens with zero attached hydrogens (tertiary/aromatic N) is 5. The zero-order chi connectivity index (χ0) is 64.2. The van der Waals surface area contributed by atoms with Crippen molar-refractivity contribution < 1.29 is 67.4 Å². The number of ketones is 1. The number of alkyl halides is 2. The fourth-order valence-electron chi connectivity index (χ4n) is 7.78. The van der Waals surface area contributed by atoms with Crippen molar-refractivity contribution >= 4 is 105 Å². The third-order valence-corrected chi connectivity index (χ3v) is 17.8. The topological polar surface area (TPSA) is 334 Å². The number of fused-ring (bicyclic) bond motifs is 4. The number of methoxy groups -OCH3 is 1. The number of hydrogen-bond acceptors (Lipinski definition) is 16. The molecule has 0 unspecified atom stereocenters. The minimum atomic E-state index is -1.58. The highest BCUT2D eigenvalue weighted by atomic mass is 35.5. The van der Waals surface area contributed by atoms with Gasteiger partial charge in [-0.1, -0.05) is 100 Å². The Morgan fingerprint density at radius 2 is 1.09 bits per heavy atom. The van der Waals surface area contributed by atoms with Crippen LogP contribution in [0.3, 0.4) is 0 Å². The molecule has 0 saturated carbocycles. The van der Waals surface area contributed by atoms with Gasteiger partial charge >= 0.3 is 11.9 Å². The number of carboxylic acids is 1. The predicted molar refractivity (Wildman–Crippen MR) is 340 cm³/mol. The molecule has 4 aromatic heterocycles. The number of esters is 1. The number of para-hydroxylation sites is 4. The van der Waals surface area contributed by atoms with Crippen LogP contribution in [0.2, 0.25) is 18.1 Å². The third kappa shape index (κ3) is 26.0. The lowest BCUT2D eigenvalue weighted by molar-refractivity contribution is -0.136. The van der Waals surface area contributed by atoms with E-state index in [4.69, 9.17) is 73.4 Å². The number of halogens is 2. The summed E-state index contributed by atoms with van der Waals surface area (Å²) in [6, 6.07) is 30.2. The molecule has 8 aromatic rings. The van der Waals surface area contributed by atoms with E-state index in [0.29, 0.717) is 101 Å². The Balaban J connectivity index is 0.000000280. The summed E-state index contributed by atoms with van der Waals surface area (Å²) in [6.45, 7) is 19.5. The van der Waals surface area contributed by atoms with Gasteiger partial charge in [0.1, 0.15) is 0 Å². The van der Waals surface area contributed by atoms with Crippen molar-refractivity contribution in [3.05, 3.63) is 126 Å². The number of aromatic amines is 2. The van der Waals surface area contributed by atoms with Gasteiger partial charge in [-0.2, -0.15) is 15.3 Å². The van der Waals surface area contributed by atoms with E-state index in [1.165, 1.54) is 7.11 Å². The van der Waals surface area contributed by atoms with Crippen LogP contribution in [-0.4, -0.2) is 179 Å². The van der Waals surface area contributed by atoms with E-state index in [1.807, 2.05) is 102 Å². The molecule has 0 aliphatic carbocycles. The first-order valence-electron chi connectivity index (χ1n) is 28.2. The van der Waals surface area contributed by atoms with Crippen LogP contribution in [0.15, 0.2) is 103 Å². The molecule has 0 aliphatic rings. The van der Waals surface area contributed by atoms with E-state index < -0.39 is 31.9 Å². The number of aromatic nitrogens is 7. The number of amides is 2. The highest BCUT2D eigenvalue weighted by Gasteiger charge is 2.37. The molecular weight excluding hydrogens is 1180 g/mol. The molecule has 87 heavy (non-hydrogen) atoms. The van der Waals surface area contributed by atoms with E-state index >= 15 is 0 Å². The summed E-state index contributed by atoms with van der Waals surface area (Å²) in [4.78, 5) is 55.7. The van der Waals surface area contributed by atoms with Crippen LogP contribution in [0.1, 0.15) is 61.6 Å². The fraction of sp³-hybridized carbons (Fsp3) is 0.443. The number of ether oxygens (including phenoxy) is 5. The second-order valence-corrected chi connectivity index (χ2v) is 26.0. The van der Waals surface area contributed by atoms with Gasteiger partial charge in [-0.15, -0.1) is 23.2 Å². The van der Waals surface area contributed by atoms with Gasteiger partial charge in [0.2, 0.25) is 11.8 Å². The monoisotopic (exact) mass is 1270 g/mol. The number of benzene rings is 4. The fourth-order valence-corrected chi connectivity index (χ4v) is 9.02. The molecule has 0 atom stereocenters. The van der Waals surface area contributed by atoms with Crippen molar-refractivity contribution in [2.45, 2.75) is 84.6 Å². The molecule has 0 spiro atoms. The molecule has 4 aromatic carbocycles. The number of H-pyrrole nitrogens is 2. The van der Waals surface area contributed by atoms with Gasteiger partial charge in [0.25, 0.3) is 5.78 Å². The number of aliphatic hydroxyl groups excluding tert-OH is 2. The highest BCUT2D eigenvalue weighted by Crippen LogP contribution is 2.36. The van der Waals surface area contributed by atoms with Gasteiger partial charge in [-0.05, 0) is 48.8 Å².